The van der Waals surface area contributed by atoms with E-state index in [1.54, 1.807) is 19.0 Å². The molecule has 17 heavy (non-hydrogen) atoms. The van der Waals surface area contributed by atoms with Crippen LogP contribution in [0.4, 0.5) is 4.39 Å². The van der Waals surface area contributed by atoms with Crippen molar-refractivity contribution < 1.29 is 19.4 Å². The maximum Gasteiger partial charge on any atom is 0.303 e. The van der Waals surface area contributed by atoms with Crippen molar-refractivity contribution >= 4 is 5.97 Å². The van der Waals surface area contributed by atoms with Crippen LogP contribution in [0.25, 0.3) is 0 Å². The number of phenols is 1. The van der Waals surface area contributed by atoms with E-state index in [2.05, 4.69) is 0 Å². The van der Waals surface area contributed by atoms with Crippen molar-refractivity contribution in [1.82, 2.24) is 4.90 Å². The van der Waals surface area contributed by atoms with Gasteiger partial charge in [-0.3, -0.25) is 4.79 Å². The Hall–Kier alpha value is -1.62. The van der Waals surface area contributed by atoms with E-state index in [4.69, 9.17) is 5.11 Å². The molecule has 94 valence electrons. The molecule has 0 saturated carbocycles. The lowest BCUT2D eigenvalue weighted by atomic mass is 10.0. The van der Waals surface area contributed by atoms with Gasteiger partial charge in [0.2, 0.25) is 0 Å². The van der Waals surface area contributed by atoms with Gasteiger partial charge in [0.1, 0.15) is 11.6 Å². The molecule has 0 saturated heterocycles. The van der Waals surface area contributed by atoms with Crippen LogP contribution in [0, 0.1) is 5.82 Å². The van der Waals surface area contributed by atoms with E-state index in [-0.39, 0.29) is 18.6 Å². The molecule has 1 rings (SSSR count). The molecule has 0 aromatic heterocycles. The largest absolute Gasteiger partial charge is 0.507 e. The summed E-state index contributed by atoms with van der Waals surface area (Å²) < 4.78 is 13.3. The molecule has 1 aromatic rings. The predicted molar refractivity (Wildman–Crippen MR) is 61.4 cm³/mol. The summed E-state index contributed by atoms with van der Waals surface area (Å²) in [7, 11) is 3.61. The summed E-state index contributed by atoms with van der Waals surface area (Å²) in [6, 6.07) is 2.44. The maximum absolute atomic E-state index is 13.3. The number of hydrogen-bond donors (Lipinski definition) is 2. The summed E-state index contributed by atoms with van der Waals surface area (Å²) in [5, 5.41) is 18.5. The van der Waals surface area contributed by atoms with Crippen LogP contribution in [-0.4, -0.2) is 35.2 Å². The molecule has 1 aromatic carbocycles. The number of rotatable bonds is 5. The molecule has 2 N–H and O–H groups in total. The van der Waals surface area contributed by atoms with Gasteiger partial charge in [0, 0.05) is 18.5 Å². The average Bonchev–Trinajstić information content (AvgIpc) is 2.19. The first-order valence-corrected chi connectivity index (χ1v) is 5.27. The Morgan fingerprint density at radius 3 is 2.47 bits per heavy atom. The molecule has 0 radical (unpaired) electrons. The fraction of sp³-hybridized carbons (Fsp3) is 0.417. The number of aromatic hydroxyl groups is 1. The van der Waals surface area contributed by atoms with Crippen LogP contribution in [0.5, 0.6) is 5.75 Å². The van der Waals surface area contributed by atoms with Crippen LogP contribution in [-0.2, 0) is 17.8 Å². The van der Waals surface area contributed by atoms with Gasteiger partial charge in [-0.2, -0.15) is 0 Å². The molecular formula is C12H16FNO3. The highest BCUT2D eigenvalue weighted by molar-refractivity contribution is 5.67. The Morgan fingerprint density at radius 1 is 1.35 bits per heavy atom. The lowest BCUT2D eigenvalue weighted by molar-refractivity contribution is -0.136. The van der Waals surface area contributed by atoms with Gasteiger partial charge in [0.05, 0.1) is 0 Å². The lowest BCUT2D eigenvalue weighted by Gasteiger charge is -2.14. The smallest absolute Gasteiger partial charge is 0.303 e. The molecule has 0 unspecified atom stereocenters. The Labute approximate surface area is 99.3 Å². The molecule has 0 fully saturated rings. The zero-order chi connectivity index (χ0) is 13.0. The molecule has 0 atom stereocenters. The van der Waals surface area contributed by atoms with Crippen LogP contribution < -0.4 is 0 Å². The van der Waals surface area contributed by atoms with Gasteiger partial charge < -0.3 is 15.1 Å². The lowest BCUT2D eigenvalue weighted by Crippen LogP contribution is -2.11. The minimum atomic E-state index is -0.970. The molecule has 0 aliphatic rings. The van der Waals surface area contributed by atoms with Crippen molar-refractivity contribution in [3.63, 3.8) is 0 Å². The number of aryl methyl sites for hydroxylation is 1. The molecule has 0 aliphatic heterocycles. The Kier molecular flexibility index (Phi) is 4.45. The van der Waals surface area contributed by atoms with Gasteiger partial charge in [-0.25, -0.2) is 4.39 Å². The van der Waals surface area contributed by atoms with E-state index in [0.717, 1.165) is 0 Å². The van der Waals surface area contributed by atoms with E-state index in [0.29, 0.717) is 17.7 Å². The second-order valence-electron chi connectivity index (χ2n) is 4.20. The van der Waals surface area contributed by atoms with Crippen molar-refractivity contribution in [3.05, 3.63) is 29.1 Å². The molecule has 0 spiro atoms. The fourth-order valence-corrected chi connectivity index (χ4v) is 1.61. The summed E-state index contributed by atoms with van der Waals surface area (Å²) in [5.41, 5.74) is 0.805. The van der Waals surface area contributed by atoms with E-state index < -0.39 is 11.8 Å². The van der Waals surface area contributed by atoms with Crippen molar-refractivity contribution in [3.8, 4) is 5.75 Å². The third-order valence-corrected chi connectivity index (χ3v) is 2.33. The highest BCUT2D eigenvalue weighted by Crippen LogP contribution is 2.26. The van der Waals surface area contributed by atoms with E-state index >= 15 is 0 Å². The Bertz CT molecular complexity index is 418. The zero-order valence-electron chi connectivity index (χ0n) is 9.90. The summed E-state index contributed by atoms with van der Waals surface area (Å²) in [4.78, 5) is 12.2. The van der Waals surface area contributed by atoms with Crippen LogP contribution in [0.15, 0.2) is 12.1 Å². The molecule has 0 amide bonds. The first-order chi connectivity index (χ1) is 7.90. The predicted octanol–water partition coefficient (Wildman–Crippen LogP) is 1.61. The van der Waals surface area contributed by atoms with Crippen molar-refractivity contribution in [2.75, 3.05) is 14.1 Å². The second kappa shape index (κ2) is 5.63. The summed E-state index contributed by atoms with van der Waals surface area (Å²) >= 11 is 0. The van der Waals surface area contributed by atoms with Crippen LogP contribution in [0.2, 0.25) is 0 Å². The number of hydrogen-bond acceptors (Lipinski definition) is 3. The number of phenolic OH excluding ortho intramolecular Hbond substituents is 1. The Balaban J connectivity index is 2.96. The summed E-state index contributed by atoms with van der Waals surface area (Å²) in [6.45, 7) is 0.406. The maximum atomic E-state index is 13.3. The average molecular weight is 241 g/mol. The highest BCUT2D eigenvalue weighted by Gasteiger charge is 2.12. The molecule has 4 nitrogen and oxygen atoms in total. The summed E-state index contributed by atoms with van der Waals surface area (Å²) in [5.74, 6) is -1.44. The van der Waals surface area contributed by atoms with Gasteiger partial charge in [-0.05, 0) is 38.2 Å². The van der Waals surface area contributed by atoms with E-state index in [1.165, 1.54) is 12.1 Å². The fourth-order valence-electron chi connectivity index (χ4n) is 1.61. The quantitative estimate of drug-likeness (QED) is 0.822. The third-order valence-electron chi connectivity index (χ3n) is 2.33. The molecule has 0 aliphatic carbocycles. The first kappa shape index (κ1) is 13.4. The number of carboxylic acids is 1. The van der Waals surface area contributed by atoms with Crippen LogP contribution in [0.1, 0.15) is 17.5 Å². The van der Waals surface area contributed by atoms with Gasteiger partial charge >= 0.3 is 5.97 Å². The zero-order valence-corrected chi connectivity index (χ0v) is 9.90. The first-order valence-electron chi connectivity index (χ1n) is 5.27. The minimum absolute atomic E-state index is 0.0126. The van der Waals surface area contributed by atoms with Gasteiger partial charge in [0.25, 0.3) is 0 Å². The number of benzene rings is 1. The SMILES string of the molecule is CN(C)Cc1cc(F)cc(CCC(=O)O)c1O. The Morgan fingerprint density at radius 2 is 1.94 bits per heavy atom. The molecule has 5 heteroatoms. The second-order valence-corrected chi connectivity index (χ2v) is 4.20. The standard InChI is InChI=1S/C12H16FNO3/c1-14(2)7-9-6-10(13)5-8(12(9)17)3-4-11(15)16/h5-6,17H,3-4,7H2,1-2H3,(H,15,16). The number of halogens is 1. The highest BCUT2D eigenvalue weighted by atomic mass is 19.1. The van der Waals surface area contributed by atoms with Gasteiger partial charge in [-0.1, -0.05) is 0 Å². The minimum Gasteiger partial charge on any atom is -0.507 e. The van der Waals surface area contributed by atoms with Crippen molar-refractivity contribution in [2.45, 2.75) is 19.4 Å². The van der Waals surface area contributed by atoms with Gasteiger partial charge in [0.15, 0.2) is 0 Å². The topological polar surface area (TPSA) is 60.8 Å². The number of aliphatic carboxylic acids is 1. The van der Waals surface area contributed by atoms with E-state index in [1.807, 2.05) is 0 Å². The van der Waals surface area contributed by atoms with Crippen LogP contribution >= 0.6 is 0 Å². The van der Waals surface area contributed by atoms with E-state index in [9.17, 15) is 14.3 Å². The normalized spacial score (nSPS) is 10.8. The number of carbonyl (C=O) groups is 1. The summed E-state index contributed by atoms with van der Waals surface area (Å²) in [6.07, 6.45) is -0.00221. The van der Waals surface area contributed by atoms with Crippen LogP contribution in [0.3, 0.4) is 0 Å². The molecule has 0 heterocycles. The molecule has 0 bridgehead atoms. The number of carboxylic acid groups (broad SMARTS) is 1. The van der Waals surface area contributed by atoms with Gasteiger partial charge in [-0.15, -0.1) is 0 Å². The monoisotopic (exact) mass is 241 g/mol. The third kappa shape index (κ3) is 4.03. The number of nitrogens with zero attached hydrogens (tertiary/aromatic N) is 1. The van der Waals surface area contributed by atoms with Crippen molar-refractivity contribution in [1.29, 1.82) is 0 Å². The molecular weight excluding hydrogens is 225 g/mol. The van der Waals surface area contributed by atoms with Crippen molar-refractivity contribution in [2.24, 2.45) is 0 Å².